The standard InChI is InChI=1S/C20H18N2O6S/c23-19(17-15-10-11-16(28-15)18(17)20(24)25)21-12-6-8-14(9-7-12)29(26,27)22-13-4-2-1-3-5-13/h1-11,15-18,22H,(H,21,23)(H,24,25)/t15-,16-,17+,18-/m1/s1. The van der Waals surface area contributed by atoms with Gasteiger partial charge in [0.2, 0.25) is 5.91 Å². The highest BCUT2D eigenvalue weighted by molar-refractivity contribution is 7.92. The highest BCUT2D eigenvalue weighted by atomic mass is 32.2. The normalized spacial score (nSPS) is 25.0. The van der Waals surface area contributed by atoms with Crippen LogP contribution in [-0.4, -0.2) is 37.6 Å². The van der Waals surface area contributed by atoms with E-state index in [1.807, 2.05) is 0 Å². The second kappa shape index (κ2) is 7.34. The molecule has 0 aliphatic carbocycles. The van der Waals surface area contributed by atoms with Gasteiger partial charge in [-0.3, -0.25) is 14.3 Å². The molecule has 2 heterocycles. The van der Waals surface area contributed by atoms with Crippen LogP contribution in [0.15, 0.2) is 71.6 Å². The molecule has 0 unspecified atom stereocenters. The second-order valence-electron chi connectivity index (χ2n) is 6.83. The lowest BCUT2D eigenvalue weighted by Gasteiger charge is -2.21. The Morgan fingerprint density at radius 3 is 2.10 bits per heavy atom. The molecule has 1 amide bonds. The number of anilines is 2. The first-order chi connectivity index (χ1) is 13.8. The van der Waals surface area contributed by atoms with Crippen molar-refractivity contribution in [2.45, 2.75) is 17.1 Å². The van der Waals surface area contributed by atoms with Crippen molar-refractivity contribution in [3.8, 4) is 0 Å². The van der Waals surface area contributed by atoms with Gasteiger partial charge in [0.25, 0.3) is 10.0 Å². The summed E-state index contributed by atoms with van der Waals surface area (Å²) in [4.78, 5) is 24.2. The molecule has 3 N–H and O–H groups in total. The summed E-state index contributed by atoms with van der Waals surface area (Å²) < 4.78 is 32.9. The summed E-state index contributed by atoms with van der Waals surface area (Å²) in [5.74, 6) is -3.35. The fourth-order valence-corrected chi connectivity index (χ4v) is 4.64. The number of benzene rings is 2. The maximum Gasteiger partial charge on any atom is 0.310 e. The third kappa shape index (κ3) is 3.74. The third-order valence-corrected chi connectivity index (χ3v) is 6.34. The average Bonchev–Trinajstić information content (AvgIpc) is 3.30. The number of carboxylic acids is 1. The molecule has 150 valence electrons. The Morgan fingerprint density at radius 1 is 0.862 bits per heavy atom. The van der Waals surface area contributed by atoms with Gasteiger partial charge >= 0.3 is 5.97 Å². The van der Waals surface area contributed by atoms with Crippen LogP contribution in [-0.2, 0) is 24.3 Å². The number of carbonyl (C=O) groups excluding carboxylic acids is 1. The van der Waals surface area contributed by atoms with Crippen LogP contribution in [0.25, 0.3) is 0 Å². The Kier molecular flexibility index (Phi) is 4.85. The highest BCUT2D eigenvalue weighted by Crippen LogP contribution is 2.39. The number of hydrogen-bond acceptors (Lipinski definition) is 5. The number of rotatable bonds is 6. The Labute approximate surface area is 167 Å². The maximum atomic E-state index is 12.6. The molecule has 2 aromatic rings. The number of amides is 1. The number of nitrogens with one attached hydrogen (secondary N) is 2. The summed E-state index contributed by atoms with van der Waals surface area (Å²) in [6.07, 6.45) is 2.17. The fourth-order valence-electron chi connectivity index (χ4n) is 3.58. The van der Waals surface area contributed by atoms with E-state index in [-0.39, 0.29) is 4.90 Å². The molecule has 9 heteroatoms. The van der Waals surface area contributed by atoms with E-state index < -0.39 is 45.9 Å². The Morgan fingerprint density at radius 2 is 1.48 bits per heavy atom. The van der Waals surface area contributed by atoms with Crippen molar-refractivity contribution in [1.29, 1.82) is 0 Å². The molecular formula is C20H18N2O6S. The van der Waals surface area contributed by atoms with Gasteiger partial charge in [-0.25, -0.2) is 8.42 Å². The van der Waals surface area contributed by atoms with Crippen molar-refractivity contribution in [2.75, 3.05) is 10.0 Å². The number of ether oxygens (including phenoxy) is 1. The molecule has 1 fully saturated rings. The van der Waals surface area contributed by atoms with Gasteiger partial charge in [-0.05, 0) is 36.4 Å². The van der Waals surface area contributed by atoms with Gasteiger partial charge in [-0.2, -0.15) is 0 Å². The molecule has 0 radical (unpaired) electrons. The lowest BCUT2D eigenvalue weighted by Crippen LogP contribution is -2.39. The van der Waals surface area contributed by atoms with Gasteiger partial charge < -0.3 is 15.2 Å². The molecule has 0 spiro atoms. The monoisotopic (exact) mass is 414 g/mol. The van der Waals surface area contributed by atoms with E-state index in [2.05, 4.69) is 10.0 Å². The molecule has 0 aromatic heterocycles. The smallest absolute Gasteiger partial charge is 0.310 e. The first-order valence-corrected chi connectivity index (χ1v) is 10.4. The van der Waals surface area contributed by atoms with Gasteiger partial charge in [-0.15, -0.1) is 0 Å². The number of para-hydroxylation sites is 1. The number of carboxylic acid groups (broad SMARTS) is 1. The predicted octanol–water partition coefficient (Wildman–Crippen LogP) is 2.08. The van der Waals surface area contributed by atoms with E-state index in [9.17, 15) is 23.1 Å². The van der Waals surface area contributed by atoms with Crippen molar-refractivity contribution >= 4 is 33.3 Å². The average molecular weight is 414 g/mol. The number of fused-ring (bicyclic) bond motifs is 2. The minimum absolute atomic E-state index is 0.0361. The van der Waals surface area contributed by atoms with Crippen LogP contribution < -0.4 is 10.0 Å². The van der Waals surface area contributed by atoms with Gasteiger partial charge in [0.15, 0.2) is 0 Å². The molecule has 2 bridgehead atoms. The van der Waals surface area contributed by atoms with E-state index in [4.69, 9.17) is 4.74 Å². The van der Waals surface area contributed by atoms with Crippen LogP contribution in [0.4, 0.5) is 11.4 Å². The van der Waals surface area contributed by atoms with Gasteiger partial charge in [-0.1, -0.05) is 30.4 Å². The van der Waals surface area contributed by atoms with Gasteiger partial charge in [0, 0.05) is 11.4 Å². The Hall–Kier alpha value is -3.17. The van der Waals surface area contributed by atoms with Crippen LogP contribution in [0.1, 0.15) is 0 Å². The molecule has 2 aliphatic heterocycles. The molecule has 4 atom stereocenters. The molecule has 2 aliphatic rings. The molecule has 2 aromatic carbocycles. The van der Waals surface area contributed by atoms with E-state index in [1.54, 1.807) is 42.5 Å². The summed E-state index contributed by atoms with van der Waals surface area (Å²) >= 11 is 0. The lowest BCUT2D eigenvalue weighted by atomic mass is 9.82. The fraction of sp³-hybridized carbons (Fsp3) is 0.200. The van der Waals surface area contributed by atoms with Crippen molar-refractivity contribution in [3.05, 3.63) is 66.7 Å². The quantitative estimate of drug-likeness (QED) is 0.622. The largest absolute Gasteiger partial charge is 0.481 e. The number of sulfonamides is 1. The van der Waals surface area contributed by atoms with Crippen molar-refractivity contribution in [2.24, 2.45) is 11.8 Å². The predicted molar refractivity (Wildman–Crippen MR) is 105 cm³/mol. The lowest BCUT2D eigenvalue weighted by molar-refractivity contribution is -0.145. The summed E-state index contributed by atoms with van der Waals surface area (Å²) in [6, 6.07) is 14.1. The Bertz CT molecular complexity index is 1070. The van der Waals surface area contributed by atoms with Crippen LogP contribution in [0, 0.1) is 11.8 Å². The highest BCUT2D eigenvalue weighted by Gasteiger charge is 2.53. The van der Waals surface area contributed by atoms with Crippen LogP contribution in [0.5, 0.6) is 0 Å². The number of carbonyl (C=O) groups is 2. The second-order valence-corrected chi connectivity index (χ2v) is 8.51. The third-order valence-electron chi connectivity index (χ3n) is 4.95. The first kappa shape index (κ1) is 19.2. The van der Waals surface area contributed by atoms with Crippen molar-refractivity contribution < 1.29 is 27.9 Å². The minimum atomic E-state index is -3.77. The molecule has 4 rings (SSSR count). The molecular weight excluding hydrogens is 396 g/mol. The van der Waals surface area contributed by atoms with E-state index in [1.165, 1.54) is 24.3 Å². The van der Waals surface area contributed by atoms with E-state index in [0.29, 0.717) is 11.4 Å². The molecule has 8 nitrogen and oxygen atoms in total. The zero-order valence-electron chi connectivity index (χ0n) is 15.1. The van der Waals surface area contributed by atoms with Crippen molar-refractivity contribution in [3.63, 3.8) is 0 Å². The first-order valence-electron chi connectivity index (χ1n) is 8.90. The topological polar surface area (TPSA) is 122 Å². The molecule has 1 saturated heterocycles. The zero-order chi connectivity index (χ0) is 20.6. The van der Waals surface area contributed by atoms with Crippen LogP contribution in [0.2, 0.25) is 0 Å². The maximum absolute atomic E-state index is 12.6. The summed E-state index contributed by atoms with van der Waals surface area (Å²) in [7, 11) is -3.77. The number of hydrogen-bond donors (Lipinski definition) is 3. The van der Waals surface area contributed by atoms with Gasteiger partial charge in [0.1, 0.15) is 5.92 Å². The van der Waals surface area contributed by atoms with E-state index in [0.717, 1.165) is 0 Å². The molecule has 29 heavy (non-hydrogen) atoms. The Balaban J connectivity index is 1.46. The SMILES string of the molecule is O=C(Nc1ccc(S(=O)(=O)Nc2ccccc2)cc1)[C@@H]1[C@H](C(=O)O)[C@H]2C=C[C@H]1O2. The van der Waals surface area contributed by atoms with Gasteiger partial charge in [0.05, 0.1) is 23.0 Å². The van der Waals surface area contributed by atoms with Crippen LogP contribution >= 0.6 is 0 Å². The van der Waals surface area contributed by atoms with E-state index >= 15 is 0 Å². The van der Waals surface area contributed by atoms with Crippen molar-refractivity contribution in [1.82, 2.24) is 0 Å². The van der Waals surface area contributed by atoms with Crippen LogP contribution in [0.3, 0.4) is 0 Å². The number of aliphatic carboxylic acids is 1. The minimum Gasteiger partial charge on any atom is -0.481 e. The summed E-state index contributed by atoms with van der Waals surface area (Å²) in [6.45, 7) is 0. The molecule has 0 saturated carbocycles. The summed E-state index contributed by atoms with van der Waals surface area (Å²) in [5.41, 5.74) is 0.804. The summed E-state index contributed by atoms with van der Waals surface area (Å²) in [5, 5.41) is 12.1. The zero-order valence-corrected chi connectivity index (χ0v) is 15.9.